The number of carbonyl (C=O) groups is 1. The lowest BCUT2D eigenvalue weighted by Crippen LogP contribution is -2.39. The number of amides is 1. The molecule has 0 bridgehead atoms. The number of hydrogen-bond acceptors (Lipinski definition) is 4. The molecule has 2 fully saturated rings. The summed E-state index contributed by atoms with van der Waals surface area (Å²) in [6.45, 7) is 0.580. The normalized spacial score (nSPS) is 29.8. The summed E-state index contributed by atoms with van der Waals surface area (Å²) in [4.78, 5) is 12.5. The number of rotatable bonds is 3. The first-order valence-electron chi connectivity index (χ1n) is 8.31. The number of carbonyl (C=O) groups excluding carboxylic acids is 1. The Bertz CT molecular complexity index is 739. The number of benzene rings is 1. The number of para-hydroxylation sites is 1. The zero-order valence-corrected chi connectivity index (χ0v) is 13.8. The van der Waals surface area contributed by atoms with E-state index in [1.165, 1.54) is 0 Å². The van der Waals surface area contributed by atoms with E-state index in [0.29, 0.717) is 25.9 Å². The molecule has 4 rings (SSSR count). The van der Waals surface area contributed by atoms with E-state index in [9.17, 15) is 13.2 Å². The predicted octanol–water partition coefficient (Wildman–Crippen LogP) is 2.12. The quantitative estimate of drug-likeness (QED) is 0.918. The standard InChI is InChI=1S/C17H21NO4S/c19-16(18-23(20,21)12-5-1-2-6-12)14-11-17(14)9-10-22-15-8-4-3-7-13(15)17/h3-4,7-8,12,14H,1-2,5-6,9-11H2,(H,18,19). The van der Waals surface area contributed by atoms with Gasteiger partial charge in [0.15, 0.2) is 0 Å². The van der Waals surface area contributed by atoms with Gasteiger partial charge in [-0.2, -0.15) is 0 Å². The molecule has 124 valence electrons. The van der Waals surface area contributed by atoms with Crippen LogP contribution in [0.15, 0.2) is 24.3 Å². The Balaban J connectivity index is 1.52. The van der Waals surface area contributed by atoms with Gasteiger partial charge in [0, 0.05) is 16.9 Å². The Kier molecular flexibility index (Phi) is 3.41. The molecule has 1 amide bonds. The van der Waals surface area contributed by atoms with E-state index in [1.807, 2.05) is 24.3 Å². The lowest BCUT2D eigenvalue weighted by atomic mass is 9.87. The third kappa shape index (κ3) is 2.43. The second kappa shape index (κ2) is 5.23. The fraction of sp³-hybridized carbons (Fsp3) is 0.588. The van der Waals surface area contributed by atoms with E-state index < -0.39 is 15.3 Å². The molecule has 5 nitrogen and oxygen atoms in total. The Morgan fingerprint density at radius 3 is 2.74 bits per heavy atom. The molecule has 0 radical (unpaired) electrons. The summed E-state index contributed by atoms with van der Waals surface area (Å²) in [5.41, 5.74) is 0.814. The van der Waals surface area contributed by atoms with Gasteiger partial charge < -0.3 is 4.74 Å². The molecule has 1 aromatic rings. The van der Waals surface area contributed by atoms with Gasteiger partial charge in [-0.3, -0.25) is 9.52 Å². The Hall–Kier alpha value is -1.56. The molecule has 1 aromatic carbocycles. The zero-order valence-electron chi connectivity index (χ0n) is 13.0. The number of hydrogen-bond donors (Lipinski definition) is 1. The van der Waals surface area contributed by atoms with Gasteiger partial charge in [0.25, 0.3) is 0 Å². The van der Waals surface area contributed by atoms with Gasteiger partial charge in [-0.25, -0.2) is 8.42 Å². The molecule has 3 aliphatic rings. The minimum absolute atomic E-state index is 0.232. The molecule has 2 aliphatic carbocycles. The summed E-state index contributed by atoms with van der Waals surface area (Å²) in [5, 5.41) is -0.400. The van der Waals surface area contributed by atoms with Crippen molar-refractivity contribution in [3.63, 3.8) is 0 Å². The van der Waals surface area contributed by atoms with Crippen LogP contribution in [0.1, 0.15) is 44.1 Å². The monoisotopic (exact) mass is 335 g/mol. The number of nitrogens with one attached hydrogen (secondary N) is 1. The molecule has 0 saturated heterocycles. The smallest absolute Gasteiger partial charge is 0.237 e. The van der Waals surface area contributed by atoms with Crippen molar-refractivity contribution >= 4 is 15.9 Å². The third-order valence-corrected chi connectivity index (χ3v) is 7.44. The molecule has 2 saturated carbocycles. The first kappa shape index (κ1) is 15.0. The van der Waals surface area contributed by atoms with Crippen molar-refractivity contribution in [1.29, 1.82) is 0 Å². The highest BCUT2D eigenvalue weighted by Crippen LogP contribution is 2.60. The molecule has 1 N–H and O–H groups in total. The summed E-state index contributed by atoms with van der Waals surface area (Å²) in [7, 11) is -3.53. The molecule has 23 heavy (non-hydrogen) atoms. The largest absolute Gasteiger partial charge is 0.493 e. The zero-order chi connectivity index (χ0) is 16.1. The average molecular weight is 335 g/mol. The first-order chi connectivity index (χ1) is 11.0. The van der Waals surface area contributed by atoms with Gasteiger partial charge in [0.2, 0.25) is 15.9 Å². The van der Waals surface area contributed by atoms with Crippen LogP contribution in [0, 0.1) is 5.92 Å². The fourth-order valence-electron chi connectivity index (χ4n) is 4.20. The van der Waals surface area contributed by atoms with E-state index in [-0.39, 0.29) is 17.2 Å². The topological polar surface area (TPSA) is 72.5 Å². The second-order valence-corrected chi connectivity index (χ2v) is 8.89. The van der Waals surface area contributed by atoms with Gasteiger partial charge >= 0.3 is 0 Å². The molecular formula is C17H21NO4S. The second-order valence-electron chi connectivity index (χ2n) is 6.93. The summed E-state index contributed by atoms with van der Waals surface area (Å²) >= 11 is 0. The predicted molar refractivity (Wildman–Crippen MR) is 85.7 cm³/mol. The van der Waals surface area contributed by atoms with E-state index in [0.717, 1.165) is 30.6 Å². The number of fused-ring (bicyclic) bond motifs is 2. The van der Waals surface area contributed by atoms with Gasteiger partial charge in [0.05, 0.1) is 11.9 Å². The molecule has 1 spiro atoms. The van der Waals surface area contributed by atoms with Crippen LogP contribution in [0.3, 0.4) is 0 Å². The maximum absolute atomic E-state index is 12.5. The van der Waals surface area contributed by atoms with Crippen LogP contribution in [0.5, 0.6) is 5.75 Å². The Morgan fingerprint density at radius 2 is 1.96 bits per heavy atom. The van der Waals surface area contributed by atoms with E-state index in [1.54, 1.807) is 0 Å². The molecular weight excluding hydrogens is 314 g/mol. The average Bonchev–Trinajstić information content (AvgIpc) is 2.98. The highest BCUT2D eigenvalue weighted by Gasteiger charge is 2.61. The minimum atomic E-state index is -3.53. The van der Waals surface area contributed by atoms with E-state index >= 15 is 0 Å². The highest BCUT2D eigenvalue weighted by atomic mass is 32.2. The highest BCUT2D eigenvalue weighted by molar-refractivity contribution is 7.90. The van der Waals surface area contributed by atoms with Crippen LogP contribution >= 0.6 is 0 Å². The lowest BCUT2D eigenvalue weighted by molar-refractivity contribution is -0.121. The van der Waals surface area contributed by atoms with Crippen molar-refractivity contribution in [1.82, 2.24) is 4.72 Å². The molecule has 2 unspecified atom stereocenters. The fourth-order valence-corrected chi connectivity index (χ4v) is 5.74. The SMILES string of the molecule is O=C(NS(=O)(=O)C1CCCC1)C1CC12CCOc1ccccc12. The van der Waals surface area contributed by atoms with Gasteiger partial charge in [-0.05, 0) is 31.7 Å². The van der Waals surface area contributed by atoms with Crippen LogP contribution in [0.2, 0.25) is 0 Å². The van der Waals surface area contributed by atoms with E-state index in [4.69, 9.17) is 4.74 Å². The van der Waals surface area contributed by atoms with Crippen LogP contribution in [0.4, 0.5) is 0 Å². The van der Waals surface area contributed by atoms with Crippen molar-refractivity contribution in [2.45, 2.75) is 49.2 Å². The molecule has 1 aliphatic heterocycles. The summed E-state index contributed by atoms with van der Waals surface area (Å²) < 4.78 is 32.7. The van der Waals surface area contributed by atoms with Crippen LogP contribution in [-0.2, 0) is 20.2 Å². The molecule has 2 atom stereocenters. The summed E-state index contributed by atoms with van der Waals surface area (Å²) in [6.07, 6.45) is 4.66. The van der Waals surface area contributed by atoms with Crippen molar-refractivity contribution < 1.29 is 17.9 Å². The van der Waals surface area contributed by atoms with Crippen molar-refractivity contribution in [2.24, 2.45) is 5.92 Å². The van der Waals surface area contributed by atoms with Gasteiger partial charge in [-0.1, -0.05) is 31.0 Å². The minimum Gasteiger partial charge on any atom is -0.493 e. The van der Waals surface area contributed by atoms with Gasteiger partial charge in [0.1, 0.15) is 5.75 Å². The number of sulfonamides is 1. The Labute approximate surface area is 136 Å². The van der Waals surface area contributed by atoms with Gasteiger partial charge in [-0.15, -0.1) is 0 Å². The number of ether oxygens (including phenoxy) is 1. The lowest BCUT2D eigenvalue weighted by Gasteiger charge is -2.26. The van der Waals surface area contributed by atoms with Crippen molar-refractivity contribution in [3.8, 4) is 5.75 Å². The molecule has 0 aromatic heterocycles. The maximum atomic E-state index is 12.5. The first-order valence-corrected chi connectivity index (χ1v) is 9.85. The van der Waals surface area contributed by atoms with Crippen molar-refractivity contribution in [2.75, 3.05) is 6.61 Å². The molecule has 6 heteroatoms. The van der Waals surface area contributed by atoms with Crippen LogP contribution in [-0.4, -0.2) is 26.2 Å². The maximum Gasteiger partial charge on any atom is 0.237 e. The molecule has 1 heterocycles. The van der Waals surface area contributed by atoms with Crippen LogP contribution in [0.25, 0.3) is 0 Å². The summed E-state index contributed by atoms with van der Waals surface area (Å²) in [5.74, 6) is 0.227. The van der Waals surface area contributed by atoms with Crippen LogP contribution < -0.4 is 9.46 Å². The van der Waals surface area contributed by atoms with Crippen molar-refractivity contribution in [3.05, 3.63) is 29.8 Å². The summed E-state index contributed by atoms with van der Waals surface area (Å²) in [6, 6.07) is 7.77. The third-order valence-electron chi connectivity index (χ3n) is 5.60. The Morgan fingerprint density at radius 1 is 1.22 bits per heavy atom. The van der Waals surface area contributed by atoms with E-state index in [2.05, 4.69) is 4.72 Å².